The Balaban J connectivity index is 2.32. The molecule has 0 amide bonds. The first-order chi connectivity index (χ1) is 10.3. The van der Waals surface area contributed by atoms with Crippen molar-refractivity contribution in [2.24, 2.45) is 0 Å². The smallest absolute Gasteiger partial charge is 0.0637 e. The summed E-state index contributed by atoms with van der Waals surface area (Å²) in [5.74, 6) is 0. The maximum absolute atomic E-state index is 6.06. The van der Waals surface area contributed by atoms with Gasteiger partial charge in [0, 0.05) is 68.5 Å². The van der Waals surface area contributed by atoms with Gasteiger partial charge in [-0.2, -0.15) is 0 Å². The van der Waals surface area contributed by atoms with Gasteiger partial charge in [0.25, 0.3) is 0 Å². The van der Waals surface area contributed by atoms with E-state index in [0.29, 0.717) is 6.61 Å². The third kappa shape index (κ3) is 3.83. The van der Waals surface area contributed by atoms with E-state index in [4.69, 9.17) is 15.2 Å². The zero-order chi connectivity index (χ0) is 15.1. The van der Waals surface area contributed by atoms with Crippen LogP contribution in [0.25, 0.3) is 10.8 Å². The van der Waals surface area contributed by atoms with E-state index in [1.165, 1.54) is 0 Å². The van der Waals surface area contributed by atoms with Crippen molar-refractivity contribution in [1.29, 1.82) is 0 Å². The van der Waals surface area contributed by atoms with Crippen molar-refractivity contribution in [1.82, 2.24) is 4.98 Å². The molecule has 21 heavy (non-hydrogen) atoms. The maximum atomic E-state index is 6.06. The average Bonchev–Trinajstić information content (AvgIpc) is 2.52. The lowest BCUT2D eigenvalue weighted by Crippen LogP contribution is -2.29. The lowest BCUT2D eigenvalue weighted by Gasteiger charge is -2.26. The fraction of sp³-hybridized carbons (Fsp3) is 0.438. The van der Waals surface area contributed by atoms with E-state index < -0.39 is 0 Å². The van der Waals surface area contributed by atoms with E-state index >= 15 is 0 Å². The van der Waals surface area contributed by atoms with Gasteiger partial charge in [0.15, 0.2) is 0 Å². The number of aromatic nitrogens is 1. The molecule has 0 spiro atoms. The Kier molecular flexibility index (Phi) is 5.78. The molecule has 0 aliphatic heterocycles. The summed E-state index contributed by atoms with van der Waals surface area (Å²) in [7, 11) is 3.44. The molecular weight excluding hydrogens is 266 g/mol. The van der Waals surface area contributed by atoms with Crippen LogP contribution in [0.5, 0.6) is 0 Å². The van der Waals surface area contributed by atoms with E-state index in [-0.39, 0.29) is 0 Å². The van der Waals surface area contributed by atoms with E-state index in [2.05, 4.69) is 16.0 Å². The quantitative estimate of drug-likeness (QED) is 0.597. The number of nitrogens with two attached hydrogens (primary N) is 1. The van der Waals surface area contributed by atoms with Crippen molar-refractivity contribution < 1.29 is 9.47 Å². The molecule has 0 saturated carbocycles. The number of anilines is 2. The minimum absolute atomic E-state index is 0.680. The third-order valence-electron chi connectivity index (χ3n) is 3.51. The highest BCUT2D eigenvalue weighted by atomic mass is 16.5. The minimum Gasteiger partial charge on any atom is -0.398 e. The Bertz CT molecular complexity index is 574. The molecule has 0 radical (unpaired) electrons. The van der Waals surface area contributed by atoms with Crippen molar-refractivity contribution in [2.45, 2.75) is 6.42 Å². The van der Waals surface area contributed by atoms with Gasteiger partial charge in [-0.05, 0) is 24.6 Å². The Morgan fingerprint density at radius 3 is 2.62 bits per heavy atom. The summed E-state index contributed by atoms with van der Waals surface area (Å²) in [6.45, 7) is 3.16. The molecule has 2 N–H and O–H groups in total. The standard InChI is InChI=1S/C16H23N3O2/c1-20-10-3-8-19(9-11-21-2)16-5-4-15(17)13-6-7-18-12-14(13)16/h4-7,12H,3,8-11,17H2,1-2H3. The van der Waals surface area contributed by atoms with Crippen LogP contribution in [-0.4, -0.2) is 45.5 Å². The van der Waals surface area contributed by atoms with Crippen molar-refractivity contribution in [3.63, 3.8) is 0 Å². The highest BCUT2D eigenvalue weighted by Gasteiger charge is 2.11. The first-order valence-corrected chi connectivity index (χ1v) is 7.13. The van der Waals surface area contributed by atoms with Crippen LogP contribution >= 0.6 is 0 Å². The van der Waals surface area contributed by atoms with Crippen molar-refractivity contribution >= 4 is 22.1 Å². The number of methoxy groups -OCH3 is 2. The minimum atomic E-state index is 0.680. The normalized spacial score (nSPS) is 11.0. The number of benzene rings is 1. The first kappa shape index (κ1) is 15.5. The second kappa shape index (κ2) is 7.81. The van der Waals surface area contributed by atoms with E-state index in [1.807, 2.05) is 18.3 Å². The molecule has 1 heterocycles. The summed E-state index contributed by atoms with van der Waals surface area (Å²) in [6, 6.07) is 5.97. The van der Waals surface area contributed by atoms with Gasteiger partial charge in [-0.15, -0.1) is 0 Å². The monoisotopic (exact) mass is 289 g/mol. The maximum Gasteiger partial charge on any atom is 0.0637 e. The van der Waals surface area contributed by atoms with Gasteiger partial charge in [-0.3, -0.25) is 4.98 Å². The third-order valence-corrected chi connectivity index (χ3v) is 3.51. The van der Waals surface area contributed by atoms with Gasteiger partial charge in [-0.1, -0.05) is 0 Å². The molecule has 2 aromatic rings. The van der Waals surface area contributed by atoms with Crippen LogP contribution in [0.15, 0.2) is 30.6 Å². The number of fused-ring (bicyclic) bond motifs is 1. The van der Waals surface area contributed by atoms with Crippen LogP contribution in [0.3, 0.4) is 0 Å². The lowest BCUT2D eigenvalue weighted by molar-refractivity contribution is 0.191. The number of ether oxygens (including phenoxy) is 2. The molecular formula is C16H23N3O2. The van der Waals surface area contributed by atoms with E-state index in [1.54, 1.807) is 20.4 Å². The van der Waals surface area contributed by atoms with Gasteiger partial charge in [0.2, 0.25) is 0 Å². The van der Waals surface area contributed by atoms with Crippen LogP contribution in [0.4, 0.5) is 11.4 Å². The molecule has 0 aliphatic carbocycles. The fourth-order valence-corrected chi connectivity index (χ4v) is 2.43. The Labute approximate surface area is 125 Å². The van der Waals surface area contributed by atoms with Crippen LogP contribution in [-0.2, 0) is 9.47 Å². The molecule has 0 unspecified atom stereocenters. The molecule has 1 aromatic carbocycles. The average molecular weight is 289 g/mol. The summed E-state index contributed by atoms with van der Waals surface area (Å²) in [4.78, 5) is 6.53. The SMILES string of the molecule is COCCCN(CCOC)c1ccc(N)c2ccncc12. The van der Waals surface area contributed by atoms with Crippen molar-refractivity contribution in [3.05, 3.63) is 30.6 Å². The highest BCUT2D eigenvalue weighted by molar-refractivity contribution is 6.00. The van der Waals surface area contributed by atoms with Gasteiger partial charge in [0.05, 0.1) is 6.61 Å². The summed E-state index contributed by atoms with van der Waals surface area (Å²) in [5.41, 5.74) is 7.97. The van der Waals surface area contributed by atoms with Crippen molar-refractivity contribution in [2.75, 3.05) is 51.2 Å². The summed E-state index contributed by atoms with van der Waals surface area (Å²) < 4.78 is 10.4. The Hall–Kier alpha value is -1.85. The lowest BCUT2D eigenvalue weighted by atomic mass is 10.1. The Morgan fingerprint density at radius 2 is 1.86 bits per heavy atom. The molecule has 0 fully saturated rings. The first-order valence-electron chi connectivity index (χ1n) is 7.13. The van der Waals surface area contributed by atoms with Crippen LogP contribution in [0.1, 0.15) is 6.42 Å². The topological polar surface area (TPSA) is 60.6 Å². The summed E-state index contributed by atoms with van der Waals surface area (Å²) >= 11 is 0. The molecule has 5 heteroatoms. The number of nitrogens with zero attached hydrogens (tertiary/aromatic N) is 2. The largest absolute Gasteiger partial charge is 0.398 e. The van der Waals surface area contributed by atoms with E-state index in [9.17, 15) is 0 Å². The van der Waals surface area contributed by atoms with Crippen LogP contribution in [0, 0.1) is 0 Å². The van der Waals surface area contributed by atoms with Crippen molar-refractivity contribution in [3.8, 4) is 0 Å². The number of nitrogen functional groups attached to an aromatic ring is 1. The molecule has 5 nitrogen and oxygen atoms in total. The predicted octanol–water partition coefficient (Wildman–Crippen LogP) is 2.31. The van der Waals surface area contributed by atoms with Gasteiger partial charge >= 0.3 is 0 Å². The van der Waals surface area contributed by atoms with Gasteiger partial charge in [0.1, 0.15) is 0 Å². The summed E-state index contributed by atoms with van der Waals surface area (Å²) in [5, 5.41) is 2.11. The highest BCUT2D eigenvalue weighted by Crippen LogP contribution is 2.30. The number of hydrogen-bond donors (Lipinski definition) is 1. The summed E-state index contributed by atoms with van der Waals surface area (Å²) in [6.07, 6.45) is 4.61. The molecule has 114 valence electrons. The molecule has 0 atom stereocenters. The van der Waals surface area contributed by atoms with E-state index in [0.717, 1.165) is 48.3 Å². The second-order valence-electron chi connectivity index (χ2n) is 4.92. The molecule has 2 rings (SSSR count). The van der Waals surface area contributed by atoms with Gasteiger partial charge in [-0.25, -0.2) is 0 Å². The zero-order valence-corrected chi connectivity index (χ0v) is 12.7. The second-order valence-corrected chi connectivity index (χ2v) is 4.92. The molecule has 1 aromatic heterocycles. The van der Waals surface area contributed by atoms with Gasteiger partial charge < -0.3 is 20.1 Å². The number of hydrogen-bond acceptors (Lipinski definition) is 5. The molecule has 0 aliphatic rings. The van der Waals surface area contributed by atoms with Crippen LogP contribution in [0.2, 0.25) is 0 Å². The molecule has 0 saturated heterocycles. The number of rotatable bonds is 8. The number of pyridine rings is 1. The predicted molar refractivity (Wildman–Crippen MR) is 86.7 cm³/mol. The zero-order valence-electron chi connectivity index (χ0n) is 12.7. The Morgan fingerprint density at radius 1 is 1.05 bits per heavy atom. The van der Waals surface area contributed by atoms with Crippen LogP contribution < -0.4 is 10.6 Å². The fourth-order valence-electron chi connectivity index (χ4n) is 2.43. The molecule has 0 bridgehead atoms.